The number of carbonyl (C=O) groups is 2. The maximum Gasteiger partial charge on any atom is 0.569 e. The summed E-state index contributed by atoms with van der Waals surface area (Å²) in [5, 5.41) is 14.2. The van der Waals surface area contributed by atoms with Crippen LogP contribution in [-0.2, 0) is 54.5 Å². The van der Waals surface area contributed by atoms with Gasteiger partial charge in [-0.05, 0) is 52.6 Å². The Hall–Kier alpha value is -6.27. The molecule has 6 aromatic rings. The van der Waals surface area contributed by atoms with Gasteiger partial charge in [0, 0.05) is 47.8 Å². The fraction of sp³-hybridized carbons (Fsp3) is 0.269. The number of benzene rings is 6. The summed E-state index contributed by atoms with van der Waals surface area (Å²) in [4.78, 5) is 24.3. The van der Waals surface area contributed by atoms with Gasteiger partial charge in [-0.3, -0.25) is 10.6 Å². The number of amides is 2. The topological polar surface area (TPSA) is 162 Å². The van der Waals surface area contributed by atoms with Crippen LogP contribution in [0.25, 0.3) is 0 Å². The van der Waals surface area contributed by atoms with Gasteiger partial charge >= 0.3 is 33.9 Å². The van der Waals surface area contributed by atoms with E-state index in [9.17, 15) is 9.59 Å². The zero-order valence-electron chi connectivity index (χ0n) is 39.7. The van der Waals surface area contributed by atoms with Crippen LogP contribution in [0.4, 0.5) is 21.0 Å². The van der Waals surface area contributed by atoms with Crippen LogP contribution in [0.15, 0.2) is 162 Å². The number of ether oxygens (including phenoxy) is 4. The van der Waals surface area contributed by atoms with Gasteiger partial charge < -0.3 is 47.2 Å². The highest BCUT2D eigenvalue weighted by Crippen LogP contribution is 2.32. The van der Waals surface area contributed by atoms with Crippen molar-refractivity contribution in [3.8, 4) is 17.2 Å². The number of rotatable bonds is 15. The van der Waals surface area contributed by atoms with Crippen molar-refractivity contribution in [3.05, 3.63) is 184 Å². The van der Waals surface area contributed by atoms with Gasteiger partial charge in [-0.2, -0.15) is 0 Å². The standard InChI is InChI=1S/C21H19BNO5.C21H18BrNO3.C10H20B2O4/c24-21(27-15-17-9-5-2-6-10-17)23-19-13-18(28-22-25)11-12-20(19)26-14-16-7-3-1-4-8-16;22-18-11-12-20(25-14-16-7-3-1-4-8-16)19(13-18)23-21(24)26-15-17-9-5-2-6-10-17;1-9(2)5-13-11(14-6-9)12-15-7-10(3,4)8-16-12/h1-13,25H,14-15H2,(H,23,24);1-13H,14-15H2,(H,23,24);5-8H2,1-4H3. The lowest BCUT2D eigenvalue weighted by molar-refractivity contribution is 0.00624. The second-order valence-electron chi connectivity index (χ2n) is 17.8. The van der Waals surface area contributed by atoms with E-state index >= 15 is 0 Å². The molecule has 70 heavy (non-hydrogen) atoms. The first-order valence-corrected chi connectivity index (χ1v) is 23.4. The first kappa shape index (κ1) is 53.1. The number of hydrogen-bond acceptors (Lipinski definition) is 12. The molecule has 0 saturated carbocycles. The molecule has 3 N–H and O–H groups in total. The van der Waals surface area contributed by atoms with Crippen molar-refractivity contribution < 1.29 is 56.8 Å². The first-order chi connectivity index (χ1) is 33.8. The Bertz CT molecular complexity index is 2470. The van der Waals surface area contributed by atoms with Gasteiger partial charge in [0.05, 0.1) is 11.4 Å². The maximum atomic E-state index is 12.2. The van der Waals surface area contributed by atoms with Crippen LogP contribution < -0.4 is 24.8 Å². The third-order valence-electron chi connectivity index (χ3n) is 10.2. The minimum absolute atomic E-state index is 0.0877. The monoisotopic (exact) mass is 1010 g/mol. The second-order valence-corrected chi connectivity index (χ2v) is 18.7. The van der Waals surface area contributed by atoms with Gasteiger partial charge in [-0.25, -0.2) is 9.59 Å². The zero-order chi connectivity index (χ0) is 49.6. The van der Waals surface area contributed by atoms with Crippen LogP contribution in [0.2, 0.25) is 0 Å². The van der Waals surface area contributed by atoms with Crippen LogP contribution in [0.5, 0.6) is 17.2 Å². The number of anilines is 2. The van der Waals surface area contributed by atoms with Gasteiger partial charge in [-0.1, -0.05) is 165 Å². The van der Waals surface area contributed by atoms with Crippen LogP contribution in [-0.4, -0.2) is 65.3 Å². The molecule has 0 spiro atoms. The molecule has 2 aliphatic rings. The molecule has 2 heterocycles. The van der Waals surface area contributed by atoms with Crippen molar-refractivity contribution in [2.24, 2.45) is 10.8 Å². The van der Waals surface area contributed by atoms with E-state index in [0.717, 1.165) is 26.7 Å². The summed E-state index contributed by atoms with van der Waals surface area (Å²) in [5.41, 5.74) is 4.94. The summed E-state index contributed by atoms with van der Waals surface area (Å²) < 4.78 is 50.5. The molecule has 8 rings (SSSR count). The average Bonchev–Trinajstić information content (AvgIpc) is 3.36. The minimum Gasteiger partial charge on any atom is -0.537 e. The Morgan fingerprint density at radius 1 is 0.543 bits per heavy atom. The molecule has 6 aromatic carbocycles. The summed E-state index contributed by atoms with van der Waals surface area (Å²) in [7, 11) is -0.176. The Kier molecular flexibility index (Phi) is 20.6. The highest BCUT2D eigenvalue weighted by atomic mass is 79.9. The normalized spacial score (nSPS) is 14.5. The van der Waals surface area contributed by atoms with E-state index < -0.39 is 12.2 Å². The van der Waals surface area contributed by atoms with Crippen LogP contribution >= 0.6 is 15.9 Å². The maximum absolute atomic E-state index is 12.2. The SMILES string of the molecule is CC1(C)COB(B2OCC(C)(C)CO2)OC1.O=C(Nc1cc(Br)ccc1OCc1ccccc1)OCc1ccccc1.O=C(Nc1cc(O[B]O)ccc1OCc1ccccc1)OCc1ccccc1. The van der Waals surface area contributed by atoms with Gasteiger partial charge in [-0.15, -0.1) is 0 Å². The minimum atomic E-state index is -0.626. The quantitative estimate of drug-likeness (QED) is 0.0837. The smallest absolute Gasteiger partial charge is 0.537 e. The molecule has 2 aliphatic heterocycles. The van der Waals surface area contributed by atoms with Crippen LogP contribution in [0.1, 0.15) is 49.9 Å². The van der Waals surface area contributed by atoms with Crippen molar-refractivity contribution >= 4 is 61.2 Å². The molecule has 2 amide bonds. The number of nitrogens with one attached hydrogen (secondary N) is 2. The lowest BCUT2D eigenvalue weighted by Crippen LogP contribution is -2.56. The molecule has 18 heteroatoms. The van der Waals surface area contributed by atoms with Gasteiger partial charge in [0.15, 0.2) is 0 Å². The number of halogens is 1. The third kappa shape index (κ3) is 18.6. The van der Waals surface area contributed by atoms with E-state index in [-0.39, 0.29) is 38.1 Å². The molecule has 363 valence electrons. The van der Waals surface area contributed by atoms with Crippen molar-refractivity contribution in [2.75, 3.05) is 37.1 Å². The molecule has 0 aromatic heterocycles. The van der Waals surface area contributed by atoms with E-state index in [2.05, 4.69) is 54.3 Å². The van der Waals surface area contributed by atoms with Gasteiger partial charge in [0.25, 0.3) is 0 Å². The van der Waals surface area contributed by atoms with Crippen molar-refractivity contribution in [3.63, 3.8) is 0 Å². The second kappa shape index (κ2) is 27.2. The summed E-state index contributed by atoms with van der Waals surface area (Å²) in [6.07, 6.45) is -1.16. The molecular formula is C52H57B3BrN2O12. The molecule has 0 unspecified atom stereocenters. The molecular weight excluding hydrogens is 957 g/mol. The molecule has 2 fully saturated rings. The van der Waals surface area contributed by atoms with Gasteiger partial charge in [0.1, 0.15) is 43.7 Å². The summed E-state index contributed by atoms with van der Waals surface area (Å²) in [6.45, 7) is 12.3. The predicted molar refractivity (Wildman–Crippen MR) is 274 cm³/mol. The van der Waals surface area contributed by atoms with Crippen molar-refractivity contribution in [1.82, 2.24) is 0 Å². The third-order valence-corrected chi connectivity index (χ3v) is 10.7. The lowest BCUT2D eigenvalue weighted by atomic mass is 9.47. The fourth-order valence-electron chi connectivity index (χ4n) is 6.53. The van der Waals surface area contributed by atoms with E-state index in [1.165, 1.54) is 6.07 Å². The molecule has 14 nitrogen and oxygen atoms in total. The van der Waals surface area contributed by atoms with E-state index in [4.69, 9.17) is 47.2 Å². The van der Waals surface area contributed by atoms with Crippen molar-refractivity contribution in [1.29, 1.82) is 0 Å². The Morgan fingerprint density at radius 2 is 0.900 bits per heavy atom. The number of hydrogen-bond donors (Lipinski definition) is 3. The van der Waals surface area contributed by atoms with Gasteiger partial charge in [0.2, 0.25) is 0 Å². The lowest BCUT2D eigenvalue weighted by Gasteiger charge is -2.38. The summed E-state index contributed by atoms with van der Waals surface area (Å²) >= 11 is 3.41. The average molecular weight is 1010 g/mol. The molecule has 0 bridgehead atoms. The van der Waals surface area contributed by atoms with E-state index in [0.29, 0.717) is 75.9 Å². The molecule has 2 saturated heterocycles. The first-order valence-electron chi connectivity index (χ1n) is 22.6. The summed E-state index contributed by atoms with van der Waals surface area (Å²) in [5.74, 6) is 1.37. The molecule has 0 atom stereocenters. The fourth-order valence-corrected chi connectivity index (χ4v) is 6.89. The molecule has 0 aliphatic carbocycles. The highest BCUT2D eigenvalue weighted by Gasteiger charge is 2.47. The number of carbonyl (C=O) groups excluding carboxylic acids is 2. The summed E-state index contributed by atoms with van der Waals surface area (Å²) in [6, 6.07) is 48.7. The zero-order valence-corrected chi connectivity index (χ0v) is 41.3. The Labute approximate surface area is 419 Å². The Balaban J connectivity index is 0.000000178. The predicted octanol–water partition coefficient (Wildman–Crippen LogP) is 10.9. The van der Waals surface area contributed by atoms with E-state index in [1.807, 2.05) is 127 Å². The van der Waals surface area contributed by atoms with Crippen LogP contribution in [0.3, 0.4) is 0 Å². The van der Waals surface area contributed by atoms with E-state index in [1.54, 1.807) is 24.3 Å². The Morgan fingerprint density at radius 3 is 1.29 bits per heavy atom. The van der Waals surface area contributed by atoms with Crippen LogP contribution in [0, 0.1) is 10.8 Å². The highest BCUT2D eigenvalue weighted by molar-refractivity contribution is 9.10. The largest absolute Gasteiger partial charge is 0.569 e. The molecule has 1 radical (unpaired) electrons. The van der Waals surface area contributed by atoms with Crippen molar-refractivity contribution in [2.45, 2.75) is 54.1 Å².